The first kappa shape index (κ1) is 21.0. The Kier molecular flexibility index (Phi) is 8.66. The molecule has 0 spiro atoms. The van der Waals surface area contributed by atoms with Crippen molar-refractivity contribution in [1.29, 1.82) is 0 Å². The van der Waals surface area contributed by atoms with Gasteiger partial charge in [0.25, 0.3) is 0 Å². The number of aliphatic carboxylic acids is 1. The molecule has 0 radical (unpaired) electrons. The number of ether oxygens (including phenoxy) is 3. The molecule has 0 aliphatic rings. The topological polar surface area (TPSA) is 102 Å². The third kappa shape index (κ3) is 6.82. The Morgan fingerprint density at radius 1 is 0.962 bits per heavy atom. The summed E-state index contributed by atoms with van der Waals surface area (Å²) in [5.74, 6) is 0.0982. The van der Waals surface area contributed by atoms with Crippen molar-refractivity contribution >= 4 is 11.9 Å². The highest BCUT2D eigenvalue weighted by Gasteiger charge is 2.14. The molecule has 0 aromatic heterocycles. The Hall–Kier alpha value is -3.06. The van der Waals surface area contributed by atoms with Crippen LogP contribution in [0.25, 0.3) is 0 Å². The highest BCUT2D eigenvalue weighted by atomic mass is 16.5. The van der Waals surface area contributed by atoms with E-state index >= 15 is 0 Å². The molecule has 0 aliphatic carbocycles. The van der Waals surface area contributed by atoms with Gasteiger partial charge in [0.15, 0.2) is 6.10 Å². The zero-order valence-corrected chi connectivity index (χ0v) is 14.8. The molecule has 7 nitrogen and oxygen atoms in total. The van der Waals surface area contributed by atoms with E-state index in [0.717, 1.165) is 0 Å². The second-order valence-corrected chi connectivity index (χ2v) is 5.03. The predicted octanol–water partition coefficient (Wildman–Crippen LogP) is 2.82. The number of benzene rings is 2. The third-order valence-corrected chi connectivity index (χ3v) is 3.19. The van der Waals surface area contributed by atoms with E-state index in [1.54, 1.807) is 69.7 Å². The van der Waals surface area contributed by atoms with Gasteiger partial charge in [-0.2, -0.15) is 0 Å². The lowest BCUT2D eigenvalue weighted by Gasteiger charge is -2.08. The van der Waals surface area contributed by atoms with E-state index in [9.17, 15) is 9.59 Å². The number of carbonyl (C=O) groups is 2. The number of aliphatic hydroxyl groups is 1. The first-order chi connectivity index (χ1) is 12.4. The van der Waals surface area contributed by atoms with Crippen LogP contribution in [-0.2, 0) is 9.59 Å². The van der Waals surface area contributed by atoms with Gasteiger partial charge in [0.1, 0.15) is 17.2 Å². The van der Waals surface area contributed by atoms with Gasteiger partial charge in [0.05, 0.1) is 14.2 Å². The van der Waals surface area contributed by atoms with Gasteiger partial charge in [-0.15, -0.1) is 0 Å². The molecule has 0 bridgehead atoms. The van der Waals surface area contributed by atoms with Crippen LogP contribution >= 0.6 is 0 Å². The first-order valence-corrected chi connectivity index (χ1v) is 7.80. The molecule has 2 rings (SSSR count). The minimum Gasteiger partial charge on any atom is -0.496 e. The molecule has 0 aliphatic heterocycles. The number of carbonyl (C=O) groups excluding carboxylic acids is 1. The maximum Gasteiger partial charge on any atom is 0.337 e. The van der Waals surface area contributed by atoms with Gasteiger partial charge in [-0.1, -0.05) is 37.3 Å². The molecular weight excluding hydrogens is 340 g/mol. The summed E-state index contributed by atoms with van der Waals surface area (Å²) in [5, 5.41) is 17.4. The van der Waals surface area contributed by atoms with E-state index in [2.05, 4.69) is 0 Å². The fourth-order valence-electron chi connectivity index (χ4n) is 1.82. The molecule has 7 heteroatoms. The first-order valence-electron chi connectivity index (χ1n) is 7.80. The summed E-state index contributed by atoms with van der Waals surface area (Å²) in [6, 6.07) is 13.2. The molecule has 0 fully saturated rings. The second kappa shape index (κ2) is 10.7. The molecular formula is C19H22O7. The Labute approximate surface area is 151 Å². The number of methoxy groups -OCH3 is 2. The Morgan fingerprint density at radius 3 is 1.88 bits per heavy atom. The van der Waals surface area contributed by atoms with E-state index in [1.165, 1.54) is 0 Å². The minimum atomic E-state index is -1.41. The predicted molar refractivity (Wildman–Crippen MR) is 94.5 cm³/mol. The van der Waals surface area contributed by atoms with Crippen molar-refractivity contribution in [2.45, 2.75) is 19.4 Å². The van der Waals surface area contributed by atoms with Gasteiger partial charge in [-0.3, -0.25) is 4.79 Å². The summed E-state index contributed by atoms with van der Waals surface area (Å²) < 4.78 is 15.1. The maximum atomic E-state index is 11.1. The lowest BCUT2D eigenvalue weighted by Crippen LogP contribution is -2.09. The highest BCUT2D eigenvalue weighted by Crippen LogP contribution is 2.27. The van der Waals surface area contributed by atoms with E-state index in [0.29, 0.717) is 29.2 Å². The Morgan fingerprint density at radius 2 is 1.46 bits per heavy atom. The average molecular weight is 362 g/mol. The van der Waals surface area contributed by atoms with Crippen molar-refractivity contribution < 1.29 is 34.0 Å². The van der Waals surface area contributed by atoms with Crippen LogP contribution < -0.4 is 14.2 Å². The molecule has 0 saturated heterocycles. The molecule has 2 N–H and O–H groups in total. The van der Waals surface area contributed by atoms with Crippen LogP contribution in [0.5, 0.6) is 17.2 Å². The molecule has 0 heterocycles. The summed E-state index contributed by atoms with van der Waals surface area (Å²) in [6.07, 6.45) is -1.07. The summed E-state index contributed by atoms with van der Waals surface area (Å²) in [4.78, 5) is 21.3. The van der Waals surface area contributed by atoms with Crippen LogP contribution in [0.4, 0.5) is 0 Å². The standard InChI is InChI=1S/C11H14O4.C8H8O3/c1-4-11(12)15-10-6-8(13-2)5-9(7-10)14-3;9-7(8(10)11)6-4-2-1-3-5-6/h5-7H,4H2,1-3H3;1-5,7,9H,(H,10,11). The van der Waals surface area contributed by atoms with Crippen LogP contribution in [0.2, 0.25) is 0 Å². The smallest absolute Gasteiger partial charge is 0.337 e. The highest BCUT2D eigenvalue weighted by molar-refractivity contribution is 5.74. The third-order valence-electron chi connectivity index (χ3n) is 3.19. The Balaban J connectivity index is 0.000000273. The molecule has 2 aromatic rings. The van der Waals surface area contributed by atoms with Gasteiger partial charge in [0.2, 0.25) is 0 Å². The molecule has 1 unspecified atom stereocenters. The fraction of sp³-hybridized carbons (Fsp3) is 0.263. The van der Waals surface area contributed by atoms with Crippen molar-refractivity contribution in [2.24, 2.45) is 0 Å². The van der Waals surface area contributed by atoms with Crippen LogP contribution in [0, 0.1) is 0 Å². The molecule has 26 heavy (non-hydrogen) atoms. The van der Waals surface area contributed by atoms with Crippen LogP contribution in [0.15, 0.2) is 48.5 Å². The Bertz CT molecular complexity index is 691. The molecule has 0 amide bonds. The van der Waals surface area contributed by atoms with E-state index in [-0.39, 0.29) is 5.97 Å². The summed E-state index contributed by atoms with van der Waals surface area (Å²) in [7, 11) is 3.08. The zero-order valence-electron chi connectivity index (χ0n) is 14.8. The quantitative estimate of drug-likeness (QED) is 0.602. The van der Waals surface area contributed by atoms with Crippen LogP contribution in [0.1, 0.15) is 25.0 Å². The number of hydrogen-bond donors (Lipinski definition) is 2. The number of carboxylic acids is 1. The van der Waals surface area contributed by atoms with Gasteiger partial charge in [-0.25, -0.2) is 4.79 Å². The molecule has 140 valence electrons. The number of esters is 1. The number of rotatable bonds is 6. The van der Waals surface area contributed by atoms with Crippen LogP contribution in [0.3, 0.4) is 0 Å². The fourth-order valence-corrected chi connectivity index (χ4v) is 1.82. The maximum absolute atomic E-state index is 11.1. The number of aliphatic hydroxyl groups excluding tert-OH is 1. The summed E-state index contributed by atoms with van der Waals surface area (Å²) in [6.45, 7) is 1.74. The lowest BCUT2D eigenvalue weighted by atomic mass is 10.1. The lowest BCUT2D eigenvalue weighted by molar-refractivity contribution is -0.147. The van der Waals surface area contributed by atoms with E-state index < -0.39 is 12.1 Å². The molecule has 1 atom stereocenters. The van der Waals surface area contributed by atoms with Crippen molar-refractivity contribution in [1.82, 2.24) is 0 Å². The molecule has 2 aromatic carbocycles. The van der Waals surface area contributed by atoms with Crippen LogP contribution in [-0.4, -0.2) is 36.4 Å². The van der Waals surface area contributed by atoms with Crippen molar-refractivity contribution in [3.8, 4) is 17.2 Å². The van der Waals surface area contributed by atoms with E-state index in [1.807, 2.05) is 0 Å². The second-order valence-electron chi connectivity index (χ2n) is 5.03. The van der Waals surface area contributed by atoms with Crippen molar-refractivity contribution in [3.05, 3.63) is 54.1 Å². The SMILES string of the molecule is CCC(=O)Oc1cc(OC)cc(OC)c1.O=C(O)C(O)c1ccccc1. The monoisotopic (exact) mass is 362 g/mol. The van der Waals surface area contributed by atoms with Crippen molar-refractivity contribution in [2.75, 3.05) is 14.2 Å². The largest absolute Gasteiger partial charge is 0.496 e. The van der Waals surface area contributed by atoms with Gasteiger partial charge >= 0.3 is 11.9 Å². The zero-order chi connectivity index (χ0) is 19.5. The van der Waals surface area contributed by atoms with Crippen molar-refractivity contribution in [3.63, 3.8) is 0 Å². The summed E-state index contributed by atoms with van der Waals surface area (Å²) in [5.41, 5.74) is 0.403. The van der Waals surface area contributed by atoms with Gasteiger partial charge in [-0.05, 0) is 5.56 Å². The minimum absolute atomic E-state index is 0.287. The number of hydrogen-bond acceptors (Lipinski definition) is 6. The molecule has 0 saturated carbocycles. The normalized spacial score (nSPS) is 10.8. The average Bonchev–Trinajstić information content (AvgIpc) is 2.67. The summed E-state index contributed by atoms with van der Waals surface area (Å²) >= 11 is 0. The number of carboxylic acid groups (broad SMARTS) is 1. The van der Waals surface area contributed by atoms with E-state index in [4.69, 9.17) is 24.4 Å². The van der Waals surface area contributed by atoms with Gasteiger partial charge in [0, 0.05) is 24.6 Å². The van der Waals surface area contributed by atoms with Gasteiger partial charge < -0.3 is 24.4 Å².